The van der Waals surface area contributed by atoms with E-state index < -0.39 is 0 Å². The van der Waals surface area contributed by atoms with Crippen molar-refractivity contribution in [2.45, 2.75) is 6.92 Å². The smallest absolute Gasteiger partial charge is 0.236 e. The molecule has 0 aliphatic carbocycles. The van der Waals surface area contributed by atoms with E-state index >= 15 is 0 Å². The molecule has 1 aromatic carbocycles. The lowest BCUT2D eigenvalue weighted by Crippen LogP contribution is -2.30. The molecule has 0 spiro atoms. The predicted molar refractivity (Wildman–Crippen MR) is 60.1 cm³/mol. The summed E-state index contributed by atoms with van der Waals surface area (Å²) in [5, 5.41) is 0. The Bertz CT molecular complexity index is 322. The third-order valence-electron chi connectivity index (χ3n) is 1.98. The van der Waals surface area contributed by atoms with Crippen LogP contribution < -0.4 is 15.4 Å². The highest BCUT2D eigenvalue weighted by Gasteiger charge is 2.03. The van der Waals surface area contributed by atoms with Crippen molar-refractivity contribution in [2.75, 3.05) is 25.1 Å². The predicted octanol–water partition coefficient (Wildman–Crippen LogP) is 1.01. The fraction of sp³-hybridized carbons (Fsp3) is 0.364. The number of hydrogen-bond donors (Lipinski definition) is 1. The summed E-state index contributed by atoms with van der Waals surface area (Å²) in [5.74, 6) is 0.486. The quantitative estimate of drug-likeness (QED) is 0.785. The highest BCUT2D eigenvalue weighted by atomic mass is 16.5. The number of nitrogens with two attached hydrogens (primary N) is 1. The van der Waals surface area contributed by atoms with Gasteiger partial charge >= 0.3 is 0 Å². The molecule has 0 aliphatic rings. The molecule has 0 radical (unpaired) electrons. The summed E-state index contributed by atoms with van der Waals surface area (Å²) in [6.07, 6.45) is 0. The summed E-state index contributed by atoms with van der Waals surface area (Å²) in [6, 6.07) is 7.54. The molecule has 4 nitrogen and oxygen atoms in total. The lowest BCUT2D eigenvalue weighted by atomic mass is 10.3. The van der Waals surface area contributed by atoms with E-state index in [1.165, 1.54) is 0 Å². The van der Waals surface area contributed by atoms with Gasteiger partial charge in [-0.1, -0.05) is 0 Å². The molecule has 1 aromatic rings. The molecule has 0 fully saturated rings. The molecule has 0 atom stereocenters. The van der Waals surface area contributed by atoms with Crippen molar-refractivity contribution in [1.82, 2.24) is 0 Å². The second kappa shape index (κ2) is 5.24. The van der Waals surface area contributed by atoms with Gasteiger partial charge in [0.2, 0.25) is 5.91 Å². The maximum Gasteiger partial charge on any atom is 0.236 e. The summed E-state index contributed by atoms with van der Waals surface area (Å²) in [6.45, 7) is 2.80. The molecular formula is C11H16N2O2. The Morgan fingerprint density at radius 1 is 1.40 bits per heavy atom. The SMILES string of the molecule is CCOc1ccc(N(C)CC(N)=O)cc1. The van der Waals surface area contributed by atoms with E-state index in [1.54, 1.807) is 4.90 Å². The standard InChI is InChI=1S/C11H16N2O2/c1-3-15-10-6-4-9(5-7-10)13(2)8-11(12)14/h4-7H,3,8H2,1-2H3,(H2,12,14). The molecular weight excluding hydrogens is 192 g/mol. The van der Waals surface area contributed by atoms with Crippen molar-refractivity contribution < 1.29 is 9.53 Å². The van der Waals surface area contributed by atoms with Gasteiger partial charge in [0.1, 0.15) is 5.75 Å². The van der Waals surface area contributed by atoms with Gasteiger partial charge < -0.3 is 15.4 Å². The number of likely N-dealkylation sites (N-methyl/N-ethyl adjacent to an activating group) is 1. The number of primary amides is 1. The maximum absolute atomic E-state index is 10.7. The van der Waals surface area contributed by atoms with Crippen molar-refractivity contribution in [3.8, 4) is 5.75 Å². The van der Waals surface area contributed by atoms with Gasteiger partial charge in [0.25, 0.3) is 0 Å². The minimum atomic E-state index is -0.341. The molecule has 0 bridgehead atoms. The van der Waals surface area contributed by atoms with Crippen LogP contribution in [0.4, 0.5) is 5.69 Å². The zero-order chi connectivity index (χ0) is 11.3. The molecule has 1 rings (SSSR count). The molecule has 2 N–H and O–H groups in total. The second-order valence-electron chi connectivity index (χ2n) is 3.25. The third-order valence-corrected chi connectivity index (χ3v) is 1.98. The summed E-state index contributed by atoms with van der Waals surface area (Å²) in [7, 11) is 1.82. The minimum Gasteiger partial charge on any atom is -0.494 e. The third kappa shape index (κ3) is 3.50. The molecule has 0 saturated heterocycles. The van der Waals surface area contributed by atoms with Gasteiger partial charge in [-0.15, -0.1) is 0 Å². The molecule has 0 saturated carbocycles. The van der Waals surface area contributed by atoms with Crippen LogP contribution in [-0.2, 0) is 4.79 Å². The molecule has 15 heavy (non-hydrogen) atoms. The van der Waals surface area contributed by atoms with E-state index in [2.05, 4.69) is 0 Å². The summed E-state index contributed by atoms with van der Waals surface area (Å²) < 4.78 is 5.31. The zero-order valence-electron chi connectivity index (χ0n) is 9.06. The first kappa shape index (κ1) is 11.4. The number of benzene rings is 1. The van der Waals surface area contributed by atoms with Gasteiger partial charge in [-0.25, -0.2) is 0 Å². The van der Waals surface area contributed by atoms with E-state index in [9.17, 15) is 4.79 Å². The number of amides is 1. The van der Waals surface area contributed by atoms with Gasteiger partial charge in [0.05, 0.1) is 13.2 Å². The fourth-order valence-electron chi connectivity index (χ4n) is 1.29. The van der Waals surface area contributed by atoms with Gasteiger partial charge in [-0.2, -0.15) is 0 Å². The van der Waals surface area contributed by atoms with Crippen molar-refractivity contribution in [3.63, 3.8) is 0 Å². The number of rotatable bonds is 5. The largest absolute Gasteiger partial charge is 0.494 e. The van der Waals surface area contributed by atoms with Crippen LogP contribution in [0.25, 0.3) is 0 Å². The Kier molecular flexibility index (Phi) is 3.97. The molecule has 0 aromatic heterocycles. The molecule has 82 valence electrons. The Balaban J connectivity index is 2.66. The summed E-state index contributed by atoms with van der Waals surface area (Å²) in [4.78, 5) is 12.5. The number of nitrogens with zero attached hydrogens (tertiary/aromatic N) is 1. The Morgan fingerprint density at radius 2 is 2.00 bits per heavy atom. The zero-order valence-corrected chi connectivity index (χ0v) is 9.06. The van der Waals surface area contributed by atoms with Crippen LogP contribution in [0.15, 0.2) is 24.3 Å². The Hall–Kier alpha value is -1.71. The average molecular weight is 208 g/mol. The van der Waals surface area contributed by atoms with E-state index in [-0.39, 0.29) is 12.5 Å². The number of ether oxygens (including phenoxy) is 1. The number of carbonyl (C=O) groups excluding carboxylic acids is 1. The Morgan fingerprint density at radius 3 is 2.47 bits per heavy atom. The lowest BCUT2D eigenvalue weighted by molar-refractivity contribution is -0.116. The van der Waals surface area contributed by atoms with Crippen LogP contribution in [0, 0.1) is 0 Å². The number of carbonyl (C=O) groups is 1. The lowest BCUT2D eigenvalue weighted by Gasteiger charge is -2.17. The van der Waals surface area contributed by atoms with E-state index in [4.69, 9.17) is 10.5 Å². The maximum atomic E-state index is 10.7. The van der Waals surface area contributed by atoms with E-state index in [0.29, 0.717) is 6.61 Å². The van der Waals surface area contributed by atoms with E-state index in [1.807, 2.05) is 38.2 Å². The second-order valence-corrected chi connectivity index (χ2v) is 3.25. The topological polar surface area (TPSA) is 55.6 Å². The number of anilines is 1. The monoisotopic (exact) mass is 208 g/mol. The first-order chi connectivity index (χ1) is 7.13. The van der Waals surface area contributed by atoms with E-state index in [0.717, 1.165) is 11.4 Å². The first-order valence-electron chi connectivity index (χ1n) is 4.85. The summed E-state index contributed by atoms with van der Waals surface area (Å²) >= 11 is 0. The average Bonchev–Trinajstić information content (AvgIpc) is 2.18. The van der Waals surface area contributed by atoms with Crippen molar-refractivity contribution in [1.29, 1.82) is 0 Å². The van der Waals surface area contributed by atoms with Crippen LogP contribution >= 0.6 is 0 Å². The van der Waals surface area contributed by atoms with Crippen LogP contribution in [0.2, 0.25) is 0 Å². The van der Waals surface area contributed by atoms with Crippen LogP contribution in [0.3, 0.4) is 0 Å². The van der Waals surface area contributed by atoms with Gasteiger partial charge in [0, 0.05) is 12.7 Å². The fourth-order valence-corrected chi connectivity index (χ4v) is 1.29. The highest BCUT2D eigenvalue weighted by molar-refractivity contribution is 5.79. The van der Waals surface area contributed by atoms with Gasteiger partial charge in [0.15, 0.2) is 0 Å². The minimum absolute atomic E-state index is 0.216. The first-order valence-corrected chi connectivity index (χ1v) is 4.85. The van der Waals surface area contributed by atoms with Crippen LogP contribution in [-0.4, -0.2) is 26.1 Å². The van der Waals surface area contributed by atoms with Crippen molar-refractivity contribution in [3.05, 3.63) is 24.3 Å². The summed E-state index contributed by atoms with van der Waals surface area (Å²) in [5.41, 5.74) is 6.04. The van der Waals surface area contributed by atoms with Gasteiger partial charge in [-0.05, 0) is 31.2 Å². The number of hydrogen-bond acceptors (Lipinski definition) is 3. The highest BCUT2D eigenvalue weighted by Crippen LogP contribution is 2.17. The van der Waals surface area contributed by atoms with Crippen molar-refractivity contribution >= 4 is 11.6 Å². The Labute approximate surface area is 89.6 Å². The normalized spacial score (nSPS) is 9.73. The molecule has 0 aliphatic heterocycles. The van der Waals surface area contributed by atoms with Gasteiger partial charge in [-0.3, -0.25) is 4.79 Å². The molecule has 0 heterocycles. The van der Waals surface area contributed by atoms with Crippen LogP contribution in [0.1, 0.15) is 6.92 Å². The molecule has 4 heteroatoms. The van der Waals surface area contributed by atoms with Crippen molar-refractivity contribution in [2.24, 2.45) is 5.73 Å². The molecule has 0 unspecified atom stereocenters. The van der Waals surface area contributed by atoms with Crippen LogP contribution in [0.5, 0.6) is 5.75 Å². The molecule has 1 amide bonds.